The molecule has 0 aliphatic carbocycles. The summed E-state index contributed by atoms with van der Waals surface area (Å²) in [5.41, 5.74) is 3.29. The highest BCUT2D eigenvalue weighted by Gasteiger charge is 2.24. The predicted octanol–water partition coefficient (Wildman–Crippen LogP) is 6.06. The molecule has 0 N–H and O–H groups in total. The molecule has 3 nitrogen and oxygen atoms in total. The van der Waals surface area contributed by atoms with Gasteiger partial charge in [-0.15, -0.1) is 0 Å². The van der Waals surface area contributed by atoms with Crippen LogP contribution in [-0.2, 0) is 0 Å². The lowest BCUT2D eigenvalue weighted by Crippen LogP contribution is -2.55. The molecule has 1 fully saturated rings. The van der Waals surface area contributed by atoms with E-state index in [1.807, 2.05) is 12.1 Å². The molecule has 0 saturated carbocycles. The number of nitrogens with zero attached hydrogens (tertiary/aromatic N) is 3. The topological polar surface area (TPSA) is 9.72 Å². The van der Waals surface area contributed by atoms with Crippen LogP contribution >= 0.6 is 31.9 Å². The summed E-state index contributed by atoms with van der Waals surface area (Å²) in [6.07, 6.45) is 0. The second-order valence-corrected chi connectivity index (χ2v) is 8.30. The third-order valence-electron chi connectivity index (χ3n) is 4.60. The maximum Gasteiger partial charge on any atom is 0.123 e. The summed E-state index contributed by atoms with van der Waals surface area (Å²) in [5, 5.41) is 0. The largest absolute Gasteiger partial charge is 0.336 e. The SMILES string of the molecule is Fc1ccc(N2CN(c3ccc(Br)cc3)CN(c3ccc(Br)cc3)C2)cc1. The highest BCUT2D eigenvalue weighted by Crippen LogP contribution is 2.28. The minimum Gasteiger partial charge on any atom is -0.336 e. The van der Waals surface area contributed by atoms with Gasteiger partial charge in [0, 0.05) is 26.0 Å². The smallest absolute Gasteiger partial charge is 0.123 e. The molecule has 1 heterocycles. The first-order chi connectivity index (χ1) is 13.1. The molecule has 3 aromatic carbocycles. The lowest BCUT2D eigenvalue weighted by Gasteiger charge is -2.45. The van der Waals surface area contributed by atoms with Crippen LogP contribution in [0.25, 0.3) is 0 Å². The summed E-state index contributed by atoms with van der Waals surface area (Å²) < 4.78 is 15.5. The molecule has 0 atom stereocenters. The first-order valence-electron chi connectivity index (χ1n) is 8.60. The Morgan fingerprint density at radius 2 is 0.815 bits per heavy atom. The van der Waals surface area contributed by atoms with E-state index in [2.05, 4.69) is 95.1 Å². The van der Waals surface area contributed by atoms with Crippen molar-refractivity contribution in [1.29, 1.82) is 0 Å². The summed E-state index contributed by atoms with van der Waals surface area (Å²) in [7, 11) is 0. The Balaban J connectivity index is 1.66. The van der Waals surface area contributed by atoms with E-state index in [-0.39, 0.29) is 5.82 Å². The van der Waals surface area contributed by atoms with Crippen molar-refractivity contribution in [2.45, 2.75) is 0 Å². The van der Waals surface area contributed by atoms with Gasteiger partial charge < -0.3 is 14.7 Å². The van der Waals surface area contributed by atoms with Crippen LogP contribution in [0.2, 0.25) is 0 Å². The van der Waals surface area contributed by atoms with E-state index in [0.717, 1.165) is 46.0 Å². The van der Waals surface area contributed by atoms with Crippen molar-refractivity contribution in [3.63, 3.8) is 0 Å². The molecule has 27 heavy (non-hydrogen) atoms. The van der Waals surface area contributed by atoms with Crippen LogP contribution in [0.5, 0.6) is 0 Å². The normalized spacial score (nSPS) is 14.6. The van der Waals surface area contributed by atoms with E-state index < -0.39 is 0 Å². The number of anilines is 3. The molecule has 0 unspecified atom stereocenters. The van der Waals surface area contributed by atoms with Crippen molar-refractivity contribution in [2.75, 3.05) is 34.7 Å². The standard InChI is InChI=1S/C21H18Br2FN3/c22-16-1-7-19(8-2-16)25-13-26(20-9-3-17(23)4-10-20)15-27(14-25)21-11-5-18(24)6-12-21/h1-12H,13-15H2. The van der Waals surface area contributed by atoms with Crippen molar-refractivity contribution >= 4 is 48.9 Å². The highest BCUT2D eigenvalue weighted by atomic mass is 79.9. The number of hydrogen-bond acceptors (Lipinski definition) is 3. The van der Waals surface area contributed by atoms with E-state index >= 15 is 0 Å². The molecule has 0 spiro atoms. The lowest BCUT2D eigenvalue weighted by molar-refractivity contribution is 0.607. The zero-order valence-electron chi connectivity index (χ0n) is 14.5. The Labute approximate surface area is 175 Å². The van der Waals surface area contributed by atoms with Crippen molar-refractivity contribution in [3.8, 4) is 0 Å². The zero-order chi connectivity index (χ0) is 18.8. The van der Waals surface area contributed by atoms with Crippen molar-refractivity contribution < 1.29 is 4.39 Å². The van der Waals surface area contributed by atoms with E-state index in [0.29, 0.717) is 0 Å². The quantitative estimate of drug-likeness (QED) is 0.442. The molecular formula is C21H18Br2FN3. The fraction of sp³-hybridized carbons (Fsp3) is 0.143. The average Bonchev–Trinajstić information content (AvgIpc) is 2.69. The second-order valence-electron chi connectivity index (χ2n) is 6.47. The van der Waals surface area contributed by atoms with E-state index in [1.165, 1.54) is 12.1 Å². The number of hydrogen-bond donors (Lipinski definition) is 0. The molecule has 0 aromatic heterocycles. The number of halogens is 3. The molecular weight excluding hydrogens is 473 g/mol. The molecule has 1 saturated heterocycles. The molecule has 1 aliphatic heterocycles. The molecule has 0 amide bonds. The van der Waals surface area contributed by atoms with Crippen LogP contribution in [0.3, 0.4) is 0 Å². The Hall–Kier alpha value is -2.05. The maximum atomic E-state index is 13.4. The van der Waals surface area contributed by atoms with Crippen LogP contribution in [-0.4, -0.2) is 20.0 Å². The van der Waals surface area contributed by atoms with Gasteiger partial charge in [0.05, 0.1) is 20.0 Å². The van der Waals surface area contributed by atoms with Gasteiger partial charge in [-0.3, -0.25) is 0 Å². The maximum absolute atomic E-state index is 13.4. The third kappa shape index (κ3) is 4.28. The van der Waals surface area contributed by atoms with Gasteiger partial charge >= 0.3 is 0 Å². The van der Waals surface area contributed by atoms with Crippen molar-refractivity contribution in [3.05, 3.63) is 87.6 Å². The van der Waals surface area contributed by atoms with Gasteiger partial charge in [0.25, 0.3) is 0 Å². The molecule has 3 aromatic rings. The summed E-state index contributed by atoms with van der Waals surface area (Å²) >= 11 is 7.00. The summed E-state index contributed by atoms with van der Waals surface area (Å²) in [5.74, 6) is -0.217. The monoisotopic (exact) mass is 489 g/mol. The Kier molecular flexibility index (Phi) is 5.36. The van der Waals surface area contributed by atoms with Crippen LogP contribution < -0.4 is 14.7 Å². The van der Waals surface area contributed by atoms with Gasteiger partial charge in [-0.25, -0.2) is 4.39 Å². The Morgan fingerprint density at radius 3 is 1.15 bits per heavy atom. The summed E-state index contributed by atoms with van der Waals surface area (Å²) in [6.45, 7) is 2.25. The Bertz CT molecular complexity index is 770. The van der Waals surface area contributed by atoms with Crippen LogP contribution in [0.1, 0.15) is 0 Å². The molecule has 4 rings (SSSR count). The van der Waals surface area contributed by atoms with E-state index in [1.54, 1.807) is 0 Å². The van der Waals surface area contributed by atoms with Gasteiger partial charge in [0.2, 0.25) is 0 Å². The molecule has 0 radical (unpaired) electrons. The third-order valence-corrected chi connectivity index (χ3v) is 5.66. The van der Waals surface area contributed by atoms with Crippen LogP contribution in [0.4, 0.5) is 21.5 Å². The minimum absolute atomic E-state index is 0.217. The zero-order valence-corrected chi connectivity index (χ0v) is 17.7. The fourth-order valence-electron chi connectivity index (χ4n) is 3.20. The number of rotatable bonds is 3. The van der Waals surface area contributed by atoms with Crippen LogP contribution in [0.15, 0.2) is 81.7 Å². The molecule has 1 aliphatic rings. The lowest BCUT2D eigenvalue weighted by atomic mass is 10.2. The summed E-state index contributed by atoms with van der Waals surface area (Å²) in [6, 6.07) is 23.3. The van der Waals surface area contributed by atoms with E-state index in [9.17, 15) is 4.39 Å². The molecule has 6 heteroatoms. The number of benzene rings is 3. The van der Waals surface area contributed by atoms with E-state index in [4.69, 9.17) is 0 Å². The summed E-state index contributed by atoms with van der Waals surface area (Å²) in [4.78, 5) is 6.86. The predicted molar refractivity (Wildman–Crippen MR) is 117 cm³/mol. The Morgan fingerprint density at radius 1 is 0.519 bits per heavy atom. The van der Waals surface area contributed by atoms with Gasteiger partial charge in [-0.1, -0.05) is 31.9 Å². The van der Waals surface area contributed by atoms with Crippen molar-refractivity contribution in [1.82, 2.24) is 0 Å². The van der Waals surface area contributed by atoms with Crippen LogP contribution in [0, 0.1) is 5.82 Å². The van der Waals surface area contributed by atoms with Gasteiger partial charge in [-0.2, -0.15) is 0 Å². The molecule has 0 bridgehead atoms. The highest BCUT2D eigenvalue weighted by molar-refractivity contribution is 9.10. The molecule has 138 valence electrons. The first-order valence-corrected chi connectivity index (χ1v) is 10.2. The first kappa shape index (κ1) is 18.3. The van der Waals surface area contributed by atoms with Gasteiger partial charge in [0.15, 0.2) is 0 Å². The van der Waals surface area contributed by atoms with Gasteiger partial charge in [-0.05, 0) is 72.8 Å². The van der Waals surface area contributed by atoms with Crippen molar-refractivity contribution in [2.24, 2.45) is 0 Å². The average molecular weight is 491 g/mol. The minimum atomic E-state index is -0.217. The fourth-order valence-corrected chi connectivity index (χ4v) is 3.73. The second kappa shape index (κ2) is 7.90. The van der Waals surface area contributed by atoms with Gasteiger partial charge in [0.1, 0.15) is 5.82 Å².